The summed E-state index contributed by atoms with van der Waals surface area (Å²) < 4.78 is 34.0. The number of ketones is 1. The van der Waals surface area contributed by atoms with E-state index in [1.54, 1.807) is 30.0 Å². The molecule has 3 aliphatic rings. The lowest BCUT2D eigenvalue weighted by molar-refractivity contribution is -0.0440. The van der Waals surface area contributed by atoms with Crippen molar-refractivity contribution in [3.05, 3.63) is 81.7 Å². The lowest BCUT2D eigenvalue weighted by Crippen LogP contribution is -2.48. The zero-order valence-corrected chi connectivity index (χ0v) is 21.6. The Hall–Kier alpha value is -2.39. The quantitative estimate of drug-likeness (QED) is 0.521. The molecule has 8 heteroatoms. The molecule has 0 spiro atoms. The highest BCUT2D eigenvalue weighted by molar-refractivity contribution is 8.06. The highest BCUT2D eigenvalue weighted by Gasteiger charge is 2.34. The molecule has 0 saturated carbocycles. The smallest absolute Gasteiger partial charge is 0.243 e. The Morgan fingerprint density at radius 1 is 1.00 bits per heavy atom. The highest BCUT2D eigenvalue weighted by atomic mass is 32.2. The number of nitrogens with zero attached hydrogens (tertiary/aromatic N) is 2. The molecule has 1 fully saturated rings. The molecule has 0 unspecified atom stereocenters. The molecule has 0 bridgehead atoms. The monoisotopic (exact) mass is 510 g/mol. The van der Waals surface area contributed by atoms with Crippen molar-refractivity contribution in [2.75, 3.05) is 19.6 Å². The summed E-state index contributed by atoms with van der Waals surface area (Å²) >= 11 is 1.59. The molecule has 2 aromatic rings. The first kappa shape index (κ1) is 24.3. The predicted octanol–water partition coefficient (Wildman–Crippen LogP) is 5.11. The average molecular weight is 511 g/mol. The minimum absolute atomic E-state index is 0.0946. The van der Waals surface area contributed by atoms with E-state index in [0.717, 1.165) is 41.2 Å². The SMILES string of the molecule is C[C@@H]1CN(S(=O)(=O)c2cccc(C(=O)C3=C4SC=C(c5ccccc5)N4CCCC3)c2)C[C@H](C)O1. The first-order chi connectivity index (χ1) is 16.8. The standard InChI is InChI=1S/C27H30N2O4S2/c1-19-16-28(17-20(2)33-19)35(31,32)23-12-8-11-22(15-23)26(30)24-13-6-7-14-29-25(18-34-27(24)29)21-9-4-3-5-10-21/h3-5,8-12,15,18-20H,6-7,13-14,16-17H2,1-2H3/t19-,20+. The zero-order chi connectivity index (χ0) is 24.6. The number of ether oxygens (including phenoxy) is 1. The van der Waals surface area contributed by atoms with Crippen LogP contribution in [0.5, 0.6) is 0 Å². The molecule has 3 heterocycles. The van der Waals surface area contributed by atoms with Crippen LogP contribution in [0.2, 0.25) is 0 Å². The number of fused-ring (bicyclic) bond motifs is 1. The van der Waals surface area contributed by atoms with Crippen molar-refractivity contribution in [3.8, 4) is 0 Å². The second-order valence-electron chi connectivity index (χ2n) is 9.32. The number of carbonyl (C=O) groups is 1. The predicted molar refractivity (Wildman–Crippen MR) is 139 cm³/mol. The third-order valence-corrected chi connectivity index (χ3v) is 9.46. The van der Waals surface area contributed by atoms with Crippen molar-refractivity contribution in [1.29, 1.82) is 0 Å². The molecule has 2 atom stereocenters. The van der Waals surface area contributed by atoms with E-state index < -0.39 is 10.0 Å². The molecule has 0 amide bonds. The second kappa shape index (κ2) is 9.93. The molecule has 184 valence electrons. The number of allylic oxidation sites excluding steroid dienone is 1. The van der Waals surface area contributed by atoms with Gasteiger partial charge in [0, 0.05) is 36.2 Å². The van der Waals surface area contributed by atoms with Gasteiger partial charge in [0.2, 0.25) is 10.0 Å². The summed E-state index contributed by atoms with van der Waals surface area (Å²) in [4.78, 5) is 16.2. The molecule has 0 aliphatic carbocycles. The molecule has 35 heavy (non-hydrogen) atoms. The molecule has 6 nitrogen and oxygen atoms in total. The maximum atomic E-state index is 13.7. The van der Waals surface area contributed by atoms with Crippen LogP contribution in [0.15, 0.2) is 75.5 Å². The van der Waals surface area contributed by atoms with Crippen LogP contribution in [0.1, 0.15) is 49.0 Å². The second-order valence-corrected chi connectivity index (χ2v) is 12.1. The van der Waals surface area contributed by atoms with Gasteiger partial charge in [-0.15, -0.1) is 0 Å². The summed E-state index contributed by atoms with van der Waals surface area (Å²) in [7, 11) is -3.72. The molecule has 2 aromatic carbocycles. The fourth-order valence-corrected chi connectivity index (χ4v) is 7.75. The van der Waals surface area contributed by atoms with E-state index >= 15 is 0 Å². The summed E-state index contributed by atoms with van der Waals surface area (Å²) in [5.74, 6) is -0.0946. The van der Waals surface area contributed by atoms with Crippen LogP contribution < -0.4 is 0 Å². The first-order valence-electron chi connectivity index (χ1n) is 12.1. The van der Waals surface area contributed by atoms with Crippen LogP contribution >= 0.6 is 11.8 Å². The molecule has 0 N–H and O–H groups in total. The largest absolute Gasteiger partial charge is 0.373 e. The van der Waals surface area contributed by atoms with Gasteiger partial charge in [-0.1, -0.05) is 54.2 Å². The van der Waals surface area contributed by atoms with Gasteiger partial charge in [-0.3, -0.25) is 4.79 Å². The van der Waals surface area contributed by atoms with Gasteiger partial charge >= 0.3 is 0 Å². The van der Waals surface area contributed by atoms with Crippen molar-refractivity contribution in [1.82, 2.24) is 9.21 Å². The number of sulfonamides is 1. The Labute approximate surface area is 211 Å². The van der Waals surface area contributed by atoms with Crippen LogP contribution in [0, 0.1) is 0 Å². The Bertz CT molecular complexity index is 1280. The topological polar surface area (TPSA) is 66.9 Å². The number of benzene rings is 2. The minimum Gasteiger partial charge on any atom is -0.373 e. The van der Waals surface area contributed by atoms with Gasteiger partial charge in [-0.2, -0.15) is 4.31 Å². The van der Waals surface area contributed by atoms with Gasteiger partial charge in [0.15, 0.2) is 5.78 Å². The Balaban J connectivity index is 1.45. The fraction of sp³-hybridized carbons (Fsp3) is 0.370. The van der Waals surface area contributed by atoms with E-state index in [0.29, 0.717) is 25.1 Å². The third-order valence-electron chi connectivity index (χ3n) is 6.60. The van der Waals surface area contributed by atoms with Crippen LogP contribution in [-0.4, -0.2) is 55.2 Å². The van der Waals surface area contributed by atoms with Gasteiger partial charge in [0.25, 0.3) is 0 Å². The van der Waals surface area contributed by atoms with Gasteiger partial charge in [0.1, 0.15) is 0 Å². The minimum atomic E-state index is -3.72. The van der Waals surface area contributed by atoms with E-state index in [9.17, 15) is 13.2 Å². The zero-order valence-electron chi connectivity index (χ0n) is 20.0. The van der Waals surface area contributed by atoms with Gasteiger partial charge in [0.05, 0.1) is 27.8 Å². The van der Waals surface area contributed by atoms with E-state index in [4.69, 9.17) is 4.74 Å². The Morgan fingerprint density at radius 2 is 1.74 bits per heavy atom. The van der Waals surface area contributed by atoms with Gasteiger partial charge < -0.3 is 9.64 Å². The number of morpholine rings is 1. The molecule has 0 radical (unpaired) electrons. The van der Waals surface area contributed by atoms with Crippen molar-refractivity contribution >= 4 is 33.3 Å². The van der Waals surface area contributed by atoms with Gasteiger partial charge in [-0.05, 0) is 50.8 Å². The lowest BCUT2D eigenvalue weighted by Gasteiger charge is -2.34. The van der Waals surface area contributed by atoms with Crippen molar-refractivity contribution in [3.63, 3.8) is 0 Å². The fourth-order valence-electron chi connectivity index (χ4n) is 4.97. The third kappa shape index (κ3) is 4.85. The maximum absolute atomic E-state index is 13.7. The Kier molecular flexibility index (Phi) is 6.90. The number of hydrogen-bond donors (Lipinski definition) is 0. The summed E-state index contributed by atoms with van der Waals surface area (Å²) in [6, 6.07) is 16.7. The van der Waals surface area contributed by atoms with Gasteiger partial charge in [-0.25, -0.2) is 8.42 Å². The number of hydrogen-bond acceptors (Lipinski definition) is 6. The van der Waals surface area contributed by atoms with Crippen LogP contribution in [-0.2, 0) is 14.8 Å². The Morgan fingerprint density at radius 3 is 2.49 bits per heavy atom. The number of Topliss-reactive ketones (excluding diaryl/α,β-unsaturated/α-hetero) is 1. The number of rotatable bonds is 5. The maximum Gasteiger partial charge on any atom is 0.243 e. The molecular formula is C27H30N2O4S2. The first-order valence-corrected chi connectivity index (χ1v) is 14.4. The normalized spacial score (nSPS) is 23.6. The van der Waals surface area contributed by atoms with Crippen molar-refractivity contribution in [2.24, 2.45) is 0 Å². The number of thioether (sulfide) groups is 1. The summed E-state index contributed by atoms with van der Waals surface area (Å²) in [6.07, 6.45) is 2.25. The molecule has 0 aromatic heterocycles. The molecular weight excluding hydrogens is 480 g/mol. The summed E-state index contributed by atoms with van der Waals surface area (Å²) in [5.41, 5.74) is 3.42. The van der Waals surface area contributed by atoms with Crippen molar-refractivity contribution in [2.45, 2.75) is 50.2 Å². The van der Waals surface area contributed by atoms with E-state index in [-0.39, 0.29) is 22.9 Å². The average Bonchev–Trinajstić information content (AvgIpc) is 3.16. The van der Waals surface area contributed by atoms with E-state index in [1.165, 1.54) is 10.4 Å². The summed E-state index contributed by atoms with van der Waals surface area (Å²) in [6.45, 7) is 5.22. The lowest BCUT2D eigenvalue weighted by atomic mass is 10.00. The van der Waals surface area contributed by atoms with E-state index in [1.807, 2.05) is 32.0 Å². The highest BCUT2D eigenvalue weighted by Crippen LogP contribution is 2.44. The number of carbonyl (C=O) groups excluding carboxylic acids is 1. The van der Waals surface area contributed by atoms with Crippen molar-refractivity contribution < 1.29 is 17.9 Å². The molecule has 3 aliphatic heterocycles. The van der Waals surface area contributed by atoms with Crippen LogP contribution in [0.4, 0.5) is 0 Å². The van der Waals surface area contributed by atoms with Crippen LogP contribution in [0.25, 0.3) is 5.70 Å². The molecule has 1 saturated heterocycles. The van der Waals surface area contributed by atoms with Crippen LogP contribution in [0.3, 0.4) is 0 Å². The molecule has 5 rings (SSSR count). The summed E-state index contributed by atoms with van der Waals surface area (Å²) in [5, 5.41) is 3.08. The van der Waals surface area contributed by atoms with E-state index in [2.05, 4.69) is 22.4 Å².